The van der Waals surface area contributed by atoms with Crippen molar-refractivity contribution in [2.45, 2.75) is 12.8 Å². The maximum absolute atomic E-state index is 13.7. The standard InChI is InChI=1S/C15H10BrF3O/c16-13-5-6-14(18)12(15(13)19)8-11(20)7-9-1-3-10(17)4-2-9/h1-6H,7-8H2. The van der Waals surface area contributed by atoms with Crippen molar-refractivity contribution in [3.63, 3.8) is 0 Å². The zero-order valence-electron chi connectivity index (χ0n) is 10.3. The SMILES string of the molecule is O=C(Cc1ccc(F)cc1)Cc1c(F)ccc(Br)c1F. The van der Waals surface area contributed by atoms with Crippen molar-refractivity contribution < 1.29 is 18.0 Å². The molecule has 0 aliphatic rings. The summed E-state index contributed by atoms with van der Waals surface area (Å²) >= 11 is 2.95. The van der Waals surface area contributed by atoms with Crippen LogP contribution in [0, 0.1) is 17.5 Å². The van der Waals surface area contributed by atoms with Gasteiger partial charge in [0.2, 0.25) is 0 Å². The summed E-state index contributed by atoms with van der Waals surface area (Å²) in [6, 6.07) is 7.78. The topological polar surface area (TPSA) is 17.1 Å². The van der Waals surface area contributed by atoms with Gasteiger partial charge in [0.25, 0.3) is 0 Å². The second-order valence-electron chi connectivity index (χ2n) is 4.34. The molecule has 0 atom stereocenters. The van der Waals surface area contributed by atoms with Gasteiger partial charge in [0.1, 0.15) is 23.2 Å². The highest BCUT2D eigenvalue weighted by Crippen LogP contribution is 2.22. The molecule has 104 valence electrons. The van der Waals surface area contributed by atoms with Gasteiger partial charge < -0.3 is 0 Å². The van der Waals surface area contributed by atoms with Crippen LogP contribution in [-0.2, 0) is 17.6 Å². The van der Waals surface area contributed by atoms with Gasteiger partial charge in [-0.05, 0) is 45.8 Å². The van der Waals surface area contributed by atoms with Gasteiger partial charge in [0, 0.05) is 18.4 Å². The first-order chi connectivity index (χ1) is 9.47. The van der Waals surface area contributed by atoms with Crippen molar-refractivity contribution in [1.82, 2.24) is 0 Å². The first-order valence-electron chi connectivity index (χ1n) is 5.86. The lowest BCUT2D eigenvalue weighted by Gasteiger charge is -2.06. The lowest BCUT2D eigenvalue weighted by atomic mass is 10.0. The molecule has 0 heterocycles. The van der Waals surface area contributed by atoms with E-state index in [-0.39, 0.29) is 28.7 Å². The molecule has 1 nitrogen and oxygen atoms in total. The van der Waals surface area contributed by atoms with Crippen molar-refractivity contribution >= 4 is 21.7 Å². The monoisotopic (exact) mass is 342 g/mol. The van der Waals surface area contributed by atoms with E-state index in [1.807, 2.05) is 0 Å². The summed E-state index contributed by atoms with van der Waals surface area (Å²) in [5, 5.41) is 0. The van der Waals surface area contributed by atoms with Gasteiger partial charge in [-0.25, -0.2) is 13.2 Å². The molecule has 0 spiro atoms. The average molecular weight is 343 g/mol. The highest BCUT2D eigenvalue weighted by atomic mass is 79.9. The van der Waals surface area contributed by atoms with Crippen molar-refractivity contribution in [3.8, 4) is 0 Å². The molecule has 2 aromatic carbocycles. The molecule has 2 aromatic rings. The van der Waals surface area contributed by atoms with E-state index in [9.17, 15) is 18.0 Å². The van der Waals surface area contributed by atoms with Crippen LogP contribution in [0.1, 0.15) is 11.1 Å². The van der Waals surface area contributed by atoms with E-state index in [1.54, 1.807) is 0 Å². The zero-order valence-corrected chi connectivity index (χ0v) is 11.9. The number of carbonyl (C=O) groups is 1. The number of Topliss-reactive ketones (excluding diaryl/α,β-unsaturated/α-hetero) is 1. The number of rotatable bonds is 4. The molecule has 0 unspecified atom stereocenters. The van der Waals surface area contributed by atoms with Gasteiger partial charge in [-0.15, -0.1) is 0 Å². The van der Waals surface area contributed by atoms with Crippen LogP contribution < -0.4 is 0 Å². The van der Waals surface area contributed by atoms with Crippen molar-refractivity contribution in [2.24, 2.45) is 0 Å². The molecule has 0 aliphatic heterocycles. The Morgan fingerprint density at radius 1 is 0.950 bits per heavy atom. The van der Waals surface area contributed by atoms with Crippen molar-refractivity contribution in [2.75, 3.05) is 0 Å². The molecular formula is C15H10BrF3O. The van der Waals surface area contributed by atoms with Crippen LogP contribution in [-0.4, -0.2) is 5.78 Å². The van der Waals surface area contributed by atoms with Gasteiger partial charge in [0.05, 0.1) is 4.47 Å². The predicted octanol–water partition coefficient (Wildman–Crippen LogP) is 4.22. The summed E-state index contributed by atoms with van der Waals surface area (Å²) in [6.45, 7) is 0. The van der Waals surface area contributed by atoms with Gasteiger partial charge in [-0.2, -0.15) is 0 Å². The van der Waals surface area contributed by atoms with E-state index in [1.165, 1.54) is 30.3 Å². The molecule has 0 bridgehead atoms. The Morgan fingerprint density at radius 2 is 1.60 bits per heavy atom. The summed E-state index contributed by atoms with van der Waals surface area (Å²) in [4.78, 5) is 11.8. The third kappa shape index (κ3) is 3.48. The average Bonchev–Trinajstić information content (AvgIpc) is 2.42. The Morgan fingerprint density at radius 3 is 2.25 bits per heavy atom. The number of hydrogen-bond acceptors (Lipinski definition) is 1. The lowest BCUT2D eigenvalue weighted by Crippen LogP contribution is -2.10. The molecule has 0 amide bonds. The minimum atomic E-state index is -0.766. The van der Waals surface area contributed by atoms with Crippen LogP contribution >= 0.6 is 15.9 Å². The second-order valence-corrected chi connectivity index (χ2v) is 5.19. The van der Waals surface area contributed by atoms with Gasteiger partial charge in [-0.1, -0.05) is 12.1 Å². The fraction of sp³-hybridized carbons (Fsp3) is 0.133. The van der Waals surface area contributed by atoms with Crippen LogP contribution in [0.15, 0.2) is 40.9 Å². The van der Waals surface area contributed by atoms with Crippen LogP contribution in [0.4, 0.5) is 13.2 Å². The predicted molar refractivity (Wildman–Crippen MR) is 72.9 cm³/mol. The first-order valence-corrected chi connectivity index (χ1v) is 6.65. The molecule has 2 rings (SSSR count). The van der Waals surface area contributed by atoms with E-state index < -0.39 is 17.5 Å². The van der Waals surface area contributed by atoms with E-state index >= 15 is 0 Å². The van der Waals surface area contributed by atoms with Gasteiger partial charge in [0.15, 0.2) is 0 Å². The van der Waals surface area contributed by atoms with E-state index in [0.717, 1.165) is 6.07 Å². The van der Waals surface area contributed by atoms with Crippen LogP contribution in [0.2, 0.25) is 0 Å². The summed E-state index contributed by atoms with van der Waals surface area (Å²) in [7, 11) is 0. The highest BCUT2D eigenvalue weighted by Gasteiger charge is 2.16. The van der Waals surface area contributed by atoms with E-state index in [2.05, 4.69) is 15.9 Å². The molecule has 0 saturated heterocycles. The normalized spacial score (nSPS) is 10.6. The molecule has 0 saturated carbocycles. The Bertz CT molecular complexity index is 638. The molecule has 0 fully saturated rings. The molecule has 0 aliphatic carbocycles. The number of benzene rings is 2. The minimum Gasteiger partial charge on any atom is -0.299 e. The minimum absolute atomic E-state index is 0.00563. The summed E-state index contributed by atoms with van der Waals surface area (Å²) in [6.07, 6.45) is -0.333. The molecule has 0 aromatic heterocycles. The summed E-state index contributed by atoms with van der Waals surface area (Å²) in [5.74, 6) is -2.26. The first kappa shape index (κ1) is 14.8. The lowest BCUT2D eigenvalue weighted by molar-refractivity contribution is -0.117. The Kier molecular flexibility index (Phi) is 4.60. The molecule has 5 heteroatoms. The second kappa shape index (κ2) is 6.22. The smallest absolute Gasteiger partial charge is 0.143 e. The number of ketones is 1. The molecule has 0 N–H and O–H groups in total. The maximum atomic E-state index is 13.7. The fourth-order valence-electron chi connectivity index (χ4n) is 1.82. The van der Waals surface area contributed by atoms with Gasteiger partial charge in [-0.3, -0.25) is 4.79 Å². The van der Waals surface area contributed by atoms with E-state index in [4.69, 9.17) is 0 Å². The fourth-order valence-corrected chi connectivity index (χ4v) is 2.19. The molecule has 0 radical (unpaired) electrons. The Hall–Kier alpha value is -1.62. The van der Waals surface area contributed by atoms with Gasteiger partial charge >= 0.3 is 0 Å². The van der Waals surface area contributed by atoms with Crippen molar-refractivity contribution in [1.29, 1.82) is 0 Å². The van der Waals surface area contributed by atoms with Crippen LogP contribution in [0.25, 0.3) is 0 Å². The van der Waals surface area contributed by atoms with Crippen LogP contribution in [0.5, 0.6) is 0 Å². The number of halogens is 4. The Balaban J connectivity index is 2.12. The number of carbonyl (C=O) groups excluding carboxylic acids is 1. The Labute approximate surface area is 122 Å². The number of hydrogen-bond donors (Lipinski definition) is 0. The quantitative estimate of drug-likeness (QED) is 0.760. The maximum Gasteiger partial charge on any atom is 0.143 e. The third-order valence-corrected chi connectivity index (χ3v) is 3.44. The summed E-state index contributed by atoms with van der Waals surface area (Å²) < 4.78 is 40.1. The zero-order chi connectivity index (χ0) is 14.7. The van der Waals surface area contributed by atoms with Crippen molar-refractivity contribution in [3.05, 3.63) is 69.4 Å². The highest BCUT2D eigenvalue weighted by molar-refractivity contribution is 9.10. The van der Waals surface area contributed by atoms with E-state index in [0.29, 0.717) is 5.56 Å². The third-order valence-electron chi connectivity index (χ3n) is 2.83. The molecule has 20 heavy (non-hydrogen) atoms. The summed E-state index contributed by atoms with van der Waals surface area (Å²) in [5.41, 5.74) is 0.346. The van der Waals surface area contributed by atoms with Crippen LogP contribution in [0.3, 0.4) is 0 Å². The largest absolute Gasteiger partial charge is 0.299 e. The molecular weight excluding hydrogens is 333 g/mol.